The molecular formula is C16H20N2O2. The first-order valence-corrected chi connectivity index (χ1v) is 7.03. The van der Waals surface area contributed by atoms with E-state index in [0.29, 0.717) is 0 Å². The molecule has 0 unspecified atom stereocenters. The van der Waals surface area contributed by atoms with Crippen molar-refractivity contribution < 1.29 is 9.47 Å². The number of fused-ring (bicyclic) bond motifs is 2. The second-order valence-corrected chi connectivity index (χ2v) is 5.09. The summed E-state index contributed by atoms with van der Waals surface area (Å²) in [6, 6.07) is 3.93. The van der Waals surface area contributed by atoms with Crippen molar-refractivity contribution in [3.8, 4) is 11.5 Å². The smallest absolute Gasteiger partial charge is 0.148 e. The summed E-state index contributed by atoms with van der Waals surface area (Å²) >= 11 is 0. The molecule has 1 heterocycles. The second kappa shape index (κ2) is 5.19. The predicted molar refractivity (Wildman–Crippen MR) is 81.0 cm³/mol. The van der Waals surface area contributed by atoms with Crippen molar-refractivity contribution in [2.75, 3.05) is 26.6 Å². The van der Waals surface area contributed by atoms with Gasteiger partial charge >= 0.3 is 0 Å². The molecule has 0 atom stereocenters. The summed E-state index contributed by atoms with van der Waals surface area (Å²) in [5, 5.41) is 4.42. The summed E-state index contributed by atoms with van der Waals surface area (Å²) in [5.41, 5.74) is 4.64. The van der Waals surface area contributed by atoms with Gasteiger partial charge in [-0.25, -0.2) is 4.98 Å². The summed E-state index contributed by atoms with van der Waals surface area (Å²) in [4.78, 5) is 4.85. The number of benzene rings is 1. The minimum atomic E-state index is 0.768. The molecule has 3 rings (SSSR count). The van der Waals surface area contributed by atoms with Gasteiger partial charge in [0.1, 0.15) is 17.0 Å². The molecule has 4 heteroatoms. The van der Waals surface area contributed by atoms with Gasteiger partial charge in [0.05, 0.1) is 14.2 Å². The number of hydrogen-bond acceptors (Lipinski definition) is 4. The number of aryl methyl sites for hydroxylation is 1. The Labute approximate surface area is 119 Å². The third-order valence-corrected chi connectivity index (χ3v) is 4.01. The first kappa shape index (κ1) is 13.0. The molecule has 2 aromatic rings. The molecule has 0 saturated carbocycles. The van der Waals surface area contributed by atoms with Crippen LogP contribution in [0, 0.1) is 0 Å². The first-order valence-electron chi connectivity index (χ1n) is 7.03. The average Bonchev–Trinajstić information content (AvgIpc) is 2.51. The summed E-state index contributed by atoms with van der Waals surface area (Å²) in [7, 11) is 5.31. The zero-order chi connectivity index (χ0) is 14.1. The molecule has 0 fully saturated rings. The van der Waals surface area contributed by atoms with Crippen LogP contribution in [0.3, 0.4) is 0 Å². The normalized spacial score (nSPS) is 13.9. The minimum Gasteiger partial charge on any atom is -0.497 e. The molecule has 1 aromatic carbocycles. The van der Waals surface area contributed by atoms with Crippen LogP contribution in [0.2, 0.25) is 0 Å². The highest BCUT2D eigenvalue weighted by molar-refractivity contribution is 5.98. The fraction of sp³-hybridized carbons (Fsp3) is 0.438. The van der Waals surface area contributed by atoms with Gasteiger partial charge in [0.2, 0.25) is 0 Å². The van der Waals surface area contributed by atoms with Crippen LogP contribution in [-0.4, -0.2) is 26.3 Å². The lowest BCUT2D eigenvalue weighted by atomic mass is 9.92. The van der Waals surface area contributed by atoms with Crippen molar-refractivity contribution in [2.24, 2.45) is 0 Å². The molecule has 0 aliphatic heterocycles. The molecule has 4 nitrogen and oxygen atoms in total. The average molecular weight is 272 g/mol. The number of anilines is 1. The molecule has 1 aromatic heterocycles. The minimum absolute atomic E-state index is 0.768. The second-order valence-electron chi connectivity index (χ2n) is 5.09. The molecule has 1 N–H and O–H groups in total. The maximum atomic E-state index is 5.49. The van der Waals surface area contributed by atoms with Crippen LogP contribution in [0.5, 0.6) is 11.5 Å². The lowest BCUT2D eigenvalue weighted by Crippen LogP contribution is -2.10. The van der Waals surface area contributed by atoms with Gasteiger partial charge in [-0.15, -0.1) is 0 Å². The van der Waals surface area contributed by atoms with Crippen molar-refractivity contribution in [2.45, 2.75) is 25.7 Å². The van der Waals surface area contributed by atoms with Crippen molar-refractivity contribution in [1.29, 1.82) is 0 Å². The maximum absolute atomic E-state index is 5.49. The van der Waals surface area contributed by atoms with Crippen molar-refractivity contribution in [3.05, 3.63) is 23.4 Å². The summed E-state index contributed by atoms with van der Waals surface area (Å²) in [5.74, 6) is 1.56. The number of rotatable bonds is 3. The Morgan fingerprint density at radius 1 is 1.10 bits per heavy atom. The molecule has 1 aliphatic carbocycles. The van der Waals surface area contributed by atoms with E-state index in [4.69, 9.17) is 14.5 Å². The van der Waals surface area contributed by atoms with Gasteiger partial charge < -0.3 is 14.8 Å². The van der Waals surface area contributed by atoms with Gasteiger partial charge in [0, 0.05) is 29.9 Å². The predicted octanol–water partition coefficient (Wildman–Crippen LogP) is 3.17. The van der Waals surface area contributed by atoms with E-state index in [1.165, 1.54) is 29.8 Å². The molecule has 0 amide bonds. The highest BCUT2D eigenvalue weighted by Crippen LogP contribution is 2.38. The quantitative estimate of drug-likeness (QED) is 0.932. The SMILES string of the molecule is CNc1c2c(nc3c(OC)cc(OC)cc13)CCCC2. The van der Waals surface area contributed by atoms with E-state index < -0.39 is 0 Å². The Kier molecular flexibility index (Phi) is 3.38. The summed E-state index contributed by atoms with van der Waals surface area (Å²) in [6.45, 7) is 0. The van der Waals surface area contributed by atoms with Gasteiger partial charge in [-0.3, -0.25) is 0 Å². The number of aromatic nitrogens is 1. The highest BCUT2D eigenvalue weighted by atomic mass is 16.5. The summed E-state index contributed by atoms with van der Waals surface area (Å²) in [6.07, 6.45) is 4.59. The lowest BCUT2D eigenvalue weighted by Gasteiger charge is -2.21. The van der Waals surface area contributed by atoms with Crippen molar-refractivity contribution >= 4 is 16.6 Å². The molecule has 1 aliphatic rings. The van der Waals surface area contributed by atoms with Crippen LogP contribution in [-0.2, 0) is 12.8 Å². The third kappa shape index (κ3) is 1.96. The van der Waals surface area contributed by atoms with E-state index in [1.807, 2.05) is 19.2 Å². The van der Waals surface area contributed by atoms with Gasteiger partial charge in [0.25, 0.3) is 0 Å². The Morgan fingerprint density at radius 2 is 1.90 bits per heavy atom. The molecule has 0 saturated heterocycles. The fourth-order valence-corrected chi connectivity index (χ4v) is 3.03. The lowest BCUT2D eigenvalue weighted by molar-refractivity contribution is 0.397. The zero-order valence-corrected chi connectivity index (χ0v) is 12.2. The topological polar surface area (TPSA) is 43.4 Å². The van der Waals surface area contributed by atoms with Gasteiger partial charge in [-0.05, 0) is 37.3 Å². The van der Waals surface area contributed by atoms with Crippen LogP contribution in [0.4, 0.5) is 5.69 Å². The van der Waals surface area contributed by atoms with Crippen LogP contribution in [0.15, 0.2) is 12.1 Å². The monoisotopic (exact) mass is 272 g/mol. The van der Waals surface area contributed by atoms with E-state index in [0.717, 1.165) is 35.2 Å². The van der Waals surface area contributed by atoms with E-state index >= 15 is 0 Å². The molecule has 0 spiro atoms. The molecule has 106 valence electrons. The number of nitrogens with zero attached hydrogens (tertiary/aromatic N) is 1. The number of ether oxygens (including phenoxy) is 2. The standard InChI is InChI=1S/C16H20N2O2/c1-17-15-11-6-4-5-7-13(11)18-16-12(15)8-10(19-2)9-14(16)20-3/h8-9H,4-7H2,1-3H3,(H,17,18). The van der Waals surface area contributed by atoms with Gasteiger partial charge in [0.15, 0.2) is 0 Å². The maximum Gasteiger partial charge on any atom is 0.148 e. The first-order chi connectivity index (χ1) is 9.78. The highest BCUT2D eigenvalue weighted by Gasteiger charge is 2.20. The van der Waals surface area contributed by atoms with Gasteiger partial charge in [-0.1, -0.05) is 0 Å². The molecule has 0 bridgehead atoms. The van der Waals surface area contributed by atoms with Crippen LogP contribution < -0.4 is 14.8 Å². The van der Waals surface area contributed by atoms with Crippen molar-refractivity contribution in [1.82, 2.24) is 4.98 Å². The number of nitrogens with one attached hydrogen (secondary N) is 1. The Bertz CT molecular complexity index is 653. The summed E-state index contributed by atoms with van der Waals surface area (Å²) < 4.78 is 10.9. The van der Waals surface area contributed by atoms with Crippen LogP contribution in [0.25, 0.3) is 10.9 Å². The fourth-order valence-electron chi connectivity index (χ4n) is 3.03. The number of pyridine rings is 1. The van der Waals surface area contributed by atoms with Crippen molar-refractivity contribution in [3.63, 3.8) is 0 Å². The van der Waals surface area contributed by atoms with E-state index in [-0.39, 0.29) is 0 Å². The van der Waals surface area contributed by atoms with Gasteiger partial charge in [-0.2, -0.15) is 0 Å². The zero-order valence-electron chi connectivity index (χ0n) is 12.2. The number of hydrogen-bond donors (Lipinski definition) is 1. The van der Waals surface area contributed by atoms with E-state index in [1.54, 1.807) is 14.2 Å². The largest absolute Gasteiger partial charge is 0.497 e. The number of methoxy groups -OCH3 is 2. The van der Waals surface area contributed by atoms with E-state index in [2.05, 4.69) is 5.32 Å². The Balaban J connectivity index is 2.36. The van der Waals surface area contributed by atoms with E-state index in [9.17, 15) is 0 Å². The molecule has 0 radical (unpaired) electrons. The van der Waals surface area contributed by atoms with Crippen LogP contribution in [0.1, 0.15) is 24.1 Å². The Hall–Kier alpha value is -1.97. The van der Waals surface area contributed by atoms with Crippen LogP contribution >= 0.6 is 0 Å². The Morgan fingerprint density at radius 3 is 2.60 bits per heavy atom. The third-order valence-electron chi connectivity index (χ3n) is 4.01. The molecular weight excluding hydrogens is 252 g/mol. The molecule has 20 heavy (non-hydrogen) atoms.